The summed E-state index contributed by atoms with van der Waals surface area (Å²) in [6.45, 7) is 4.82. The molecule has 0 aliphatic heterocycles. The summed E-state index contributed by atoms with van der Waals surface area (Å²) in [4.78, 5) is 0. The van der Waals surface area contributed by atoms with Gasteiger partial charge in [-0.05, 0) is 48.3 Å². The molecule has 1 fully saturated rings. The van der Waals surface area contributed by atoms with Gasteiger partial charge in [0.1, 0.15) is 11.5 Å². The van der Waals surface area contributed by atoms with Gasteiger partial charge in [0.15, 0.2) is 0 Å². The molecule has 1 unspecified atom stereocenters. The van der Waals surface area contributed by atoms with Crippen LogP contribution in [0.1, 0.15) is 45.1 Å². The molecule has 0 heterocycles. The van der Waals surface area contributed by atoms with E-state index >= 15 is 0 Å². The molecule has 0 saturated heterocycles. The first-order valence-electron chi connectivity index (χ1n) is 7.27. The molecule has 2 heteroatoms. The molecule has 1 aromatic rings. The first-order valence-corrected chi connectivity index (χ1v) is 7.27. The summed E-state index contributed by atoms with van der Waals surface area (Å²) in [6.07, 6.45) is 6.56. The van der Waals surface area contributed by atoms with E-state index in [0.717, 1.165) is 23.8 Å². The molecule has 2 nitrogen and oxygen atoms in total. The third-order valence-electron chi connectivity index (χ3n) is 4.62. The Morgan fingerprint density at radius 2 is 1.68 bits per heavy atom. The zero-order valence-electron chi connectivity index (χ0n) is 12.7. The van der Waals surface area contributed by atoms with Crippen LogP contribution in [0.25, 0.3) is 0 Å². The van der Waals surface area contributed by atoms with Gasteiger partial charge < -0.3 is 9.47 Å². The smallest absolute Gasteiger partial charge is 0.122 e. The van der Waals surface area contributed by atoms with Crippen LogP contribution < -0.4 is 9.47 Å². The van der Waals surface area contributed by atoms with Crippen LogP contribution in [0.4, 0.5) is 0 Å². The van der Waals surface area contributed by atoms with Crippen LogP contribution >= 0.6 is 0 Å². The van der Waals surface area contributed by atoms with Gasteiger partial charge in [-0.25, -0.2) is 0 Å². The molecule has 0 aromatic heterocycles. The average molecular weight is 262 g/mol. The molecule has 1 aliphatic carbocycles. The van der Waals surface area contributed by atoms with E-state index in [-0.39, 0.29) is 0 Å². The zero-order valence-corrected chi connectivity index (χ0v) is 12.7. The molecule has 19 heavy (non-hydrogen) atoms. The molecule has 2 rings (SSSR count). The number of hydrogen-bond acceptors (Lipinski definition) is 2. The van der Waals surface area contributed by atoms with Crippen LogP contribution in [0, 0.1) is 11.3 Å². The Hall–Kier alpha value is -1.18. The minimum atomic E-state index is 0.453. The molecule has 0 spiro atoms. The monoisotopic (exact) mass is 262 g/mol. The van der Waals surface area contributed by atoms with Crippen molar-refractivity contribution in [1.29, 1.82) is 0 Å². The predicted molar refractivity (Wildman–Crippen MR) is 79.0 cm³/mol. The van der Waals surface area contributed by atoms with Crippen molar-refractivity contribution in [2.75, 3.05) is 14.2 Å². The van der Waals surface area contributed by atoms with Crippen molar-refractivity contribution in [2.24, 2.45) is 11.3 Å². The third kappa shape index (κ3) is 3.43. The summed E-state index contributed by atoms with van der Waals surface area (Å²) < 4.78 is 10.7. The van der Waals surface area contributed by atoms with E-state index in [1.807, 2.05) is 6.07 Å². The van der Waals surface area contributed by atoms with Crippen molar-refractivity contribution in [3.63, 3.8) is 0 Å². The summed E-state index contributed by atoms with van der Waals surface area (Å²) in [7, 11) is 3.42. The van der Waals surface area contributed by atoms with Gasteiger partial charge in [0.25, 0.3) is 0 Å². The van der Waals surface area contributed by atoms with Crippen molar-refractivity contribution in [3.05, 3.63) is 23.8 Å². The summed E-state index contributed by atoms with van der Waals surface area (Å²) in [5.74, 6) is 2.55. The van der Waals surface area contributed by atoms with Gasteiger partial charge in [-0.1, -0.05) is 26.7 Å². The van der Waals surface area contributed by atoms with Crippen LogP contribution in [0.15, 0.2) is 18.2 Å². The van der Waals surface area contributed by atoms with Crippen LogP contribution in [0.5, 0.6) is 11.5 Å². The Balaban J connectivity index is 2.17. The Morgan fingerprint density at radius 1 is 1.05 bits per heavy atom. The summed E-state index contributed by atoms with van der Waals surface area (Å²) >= 11 is 0. The van der Waals surface area contributed by atoms with Crippen molar-refractivity contribution in [3.8, 4) is 11.5 Å². The van der Waals surface area contributed by atoms with Gasteiger partial charge in [-0.3, -0.25) is 0 Å². The topological polar surface area (TPSA) is 18.5 Å². The first-order chi connectivity index (χ1) is 9.05. The quantitative estimate of drug-likeness (QED) is 0.797. The van der Waals surface area contributed by atoms with E-state index in [9.17, 15) is 0 Å². The molecule has 0 N–H and O–H groups in total. The molecule has 0 bridgehead atoms. The van der Waals surface area contributed by atoms with Gasteiger partial charge in [0.2, 0.25) is 0 Å². The zero-order chi connectivity index (χ0) is 13.9. The highest BCUT2D eigenvalue weighted by Crippen LogP contribution is 2.42. The maximum Gasteiger partial charge on any atom is 0.122 e. The Kier molecular flexibility index (Phi) is 4.38. The molecule has 0 radical (unpaired) electrons. The van der Waals surface area contributed by atoms with E-state index < -0.39 is 0 Å². The highest BCUT2D eigenvalue weighted by Gasteiger charge is 2.32. The highest BCUT2D eigenvalue weighted by atomic mass is 16.5. The van der Waals surface area contributed by atoms with Crippen molar-refractivity contribution in [2.45, 2.75) is 46.0 Å². The lowest BCUT2D eigenvalue weighted by molar-refractivity contribution is 0.137. The largest absolute Gasteiger partial charge is 0.497 e. The maximum atomic E-state index is 5.36. The van der Waals surface area contributed by atoms with Gasteiger partial charge in [-0.15, -0.1) is 0 Å². The second kappa shape index (κ2) is 5.85. The minimum Gasteiger partial charge on any atom is -0.497 e. The molecular formula is C17H26O2. The molecule has 0 amide bonds. The lowest BCUT2D eigenvalue weighted by Crippen LogP contribution is -2.29. The Morgan fingerprint density at radius 3 is 2.21 bits per heavy atom. The second-order valence-corrected chi connectivity index (χ2v) is 6.36. The Bertz CT molecular complexity index is 401. The van der Waals surface area contributed by atoms with Crippen molar-refractivity contribution in [1.82, 2.24) is 0 Å². The number of methoxy groups -OCH3 is 2. The molecule has 106 valence electrons. The van der Waals surface area contributed by atoms with Gasteiger partial charge in [0.05, 0.1) is 14.2 Å². The Labute approximate surface area is 117 Å². The van der Waals surface area contributed by atoms with Crippen LogP contribution in [-0.2, 0) is 6.42 Å². The summed E-state index contributed by atoms with van der Waals surface area (Å²) in [6, 6.07) is 6.23. The fraction of sp³-hybridized carbons (Fsp3) is 0.647. The molecule has 1 aromatic carbocycles. The number of ether oxygens (including phenoxy) is 2. The normalized spacial score (nSPS) is 22.0. The second-order valence-electron chi connectivity index (χ2n) is 6.36. The first kappa shape index (κ1) is 14.2. The van der Waals surface area contributed by atoms with Crippen molar-refractivity contribution >= 4 is 0 Å². The highest BCUT2D eigenvalue weighted by molar-refractivity contribution is 5.38. The molecule has 1 aliphatic rings. The van der Waals surface area contributed by atoms with Crippen LogP contribution in [-0.4, -0.2) is 14.2 Å². The number of hydrogen-bond donors (Lipinski definition) is 0. The van der Waals surface area contributed by atoms with E-state index in [2.05, 4.69) is 26.0 Å². The average Bonchev–Trinajstić information content (AvgIpc) is 2.40. The molecule has 1 atom stereocenters. The maximum absolute atomic E-state index is 5.36. The lowest BCUT2D eigenvalue weighted by Gasteiger charge is -2.39. The van der Waals surface area contributed by atoms with Crippen LogP contribution in [0.2, 0.25) is 0 Å². The van der Waals surface area contributed by atoms with Gasteiger partial charge in [0, 0.05) is 6.07 Å². The predicted octanol–water partition coefficient (Wildman–Crippen LogP) is 4.46. The van der Waals surface area contributed by atoms with Gasteiger partial charge in [-0.2, -0.15) is 0 Å². The summed E-state index contributed by atoms with van der Waals surface area (Å²) in [5.41, 5.74) is 1.78. The number of rotatable bonds is 4. The van der Waals surface area contributed by atoms with E-state index in [1.165, 1.54) is 31.2 Å². The van der Waals surface area contributed by atoms with E-state index in [1.54, 1.807) is 14.2 Å². The van der Waals surface area contributed by atoms with Gasteiger partial charge >= 0.3 is 0 Å². The lowest BCUT2D eigenvalue weighted by atomic mass is 9.67. The van der Waals surface area contributed by atoms with Crippen LogP contribution in [0.3, 0.4) is 0 Å². The number of benzene rings is 1. The molecular weight excluding hydrogens is 236 g/mol. The third-order valence-corrected chi connectivity index (χ3v) is 4.62. The SMILES string of the molecule is COc1cc(CC2CCCCC2(C)C)cc(OC)c1. The fourth-order valence-corrected chi connectivity index (χ4v) is 3.21. The van der Waals surface area contributed by atoms with Crippen molar-refractivity contribution < 1.29 is 9.47 Å². The van der Waals surface area contributed by atoms with E-state index in [0.29, 0.717) is 5.41 Å². The molecule has 1 saturated carbocycles. The van der Waals surface area contributed by atoms with E-state index in [4.69, 9.17) is 9.47 Å². The fourth-order valence-electron chi connectivity index (χ4n) is 3.21. The minimum absolute atomic E-state index is 0.453. The summed E-state index contributed by atoms with van der Waals surface area (Å²) in [5, 5.41) is 0. The standard InChI is InChI=1S/C17H26O2/c1-17(2)8-6-5-7-14(17)9-13-10-15(18-3)12-16(11-13)19-4/h10-12,14H,5-9H2,1-4H3.